The normalized spacial score (nSPS) is 12.7. The summed E-state index contributed by atoms with van der Waals surface area (Å²) in [6, 6.07) is 3.00. The molecule has 25 heavy (non-hydrogen) atoms. The van der Waals surface area contributed by atoms with E-state index < -0.39 is 40.5 Å². The van der Waals surface area contributed by atoms with E-state index >= 15 is 0 Å². The van der Waals surface area contributed by atoms with Crippen LogP contribution in [-0.2, 0) is 24.5 Å². The van der Waals surface area contributed by atoms with E-state index in [1.165, 1.54) is 0 Å². The third kappa shape index (κ3) is 3.26. The van der Waals surface area contributed by atoms with Crippen LogP contribution in [0.4, 0.5) is 23.2 Å². The van der Waals surface area contributed by atoms with Crippen LogP contribution in [0.15, 0.2) is 16.9 Å². The Morgan fingerprint density at radius 1 is 1.40 bits per heavy atom. The number of halogens is 4. The van der Waals surface area contributed by atoms with E-state index in [0.717, 1.165) is 20.2 Å². The summed E-state index contributed by atoms with van der Waals surface area (Å²) in [5.41, 5.74) is -2.62. The number of anilines is 1. The summed E-state index contributed by atoms with van der Waals surface area (Å²) in [7, 11) is 1.91. The van der Waals surface area contributed by atoms with Gasteiger partial charge >= 0.3 is 11.9 Å². The van der Waals surface area contributed by atoms with Crippen molar-refractivity contribution in [2.45, 2.75) is 6.18 Å². The molecule has 0 saturated heterocycles. The van der Waals surface area contributed by atoms with E-state index in [4.69, 9.17) is 9.81 Å². The van der Waals surface area contributed by atoms with Crippen molar-refractivity contribution in [2.75, 3.05) is 11.4 Å². The minimum atomic E-state index is -4.95. The molecule has 0 aliphatic rings. The van der Waals surface area contributed by atoms with Gasteiger partial charge in [-0.3, -0.25) is 13.4 Å². The zero-order valence-corrected chi connectivity index (χ0v) is 13.4. The largest absolute Gasteiger partial charge is 0.451 e. The second kappa shape index (κ2) is 6.30. The minimum absolute atomic E-state index is 0.164. The van der Waals surface area contributed by atoms with Crippen molar-refractivity contribution >= 4 is 17.0 Å². The van der Waals surface area contributed by atoms with Crippen molar-refractivity contribution in [3.05, 3.63) is 39.8 Å². The first-order chi connectivity index (χ1) is 11.5. The van der Waals surface area contributed by atoms with Gasteiger partial charge in [-0.05, 0) is 12.1 Å². The van der Waals surface area contributed by atoms with Gasteiger partial charge in [-0.25, -0.2) is 13.4 Å². The maximum Gasteiger partial charge on any atom is 0.451 e. The molecule has 2 aromatic rings. The van der Waals surface area contributed by atoms with Crippen molar-refractivity contribution in [1.29, 1.82) is 5.26 Å². The first-order valence-electron chi connectivity index (χ1n) is 6.31. The SMILES string of the molecule is CN(c1cc(-n2nc(C(F)(F)F)n(C)c2=O)c(F)cc1C#N)S(=O)O. The Bertz CT molecular complexity index is 959. The van der Waals surface area contributed by atoms with Crippen LogP contribution in [0, 0.1) is 17.1 Å². The van der Waals surface area contributed by atoms with Gasteiger partial charge < -0.3 is 0 Å². The highest BCUT2D eigenvalue weighted by molar-refractivity contribution is 7.80. The molecule has 0 bridgehead atoms. The lowest BCUT2D eigenvalue weighted by molar-refractivity contribution is -0.147. The number of rotatable bonds is 3. The summed E-state index contributed by atoms with van der Waals surface area (Å²) in [5.74, 6) is -2.76. The summed E-state index contributed by atoms with van der Waals surface area (Å²) >= 11 is -2.60. The predicted octanol–water partition coefficient (Wildman–Crippen LogP) is 1.17. The second-order valence-corrected chi connectivity index (χ2v) is 5.74. The molecule has 0 spiro atoms. The Kier molecular flexibility index (Phi) is 4.69. The molecule has 1 heterocycles. The van der Waals surface area contributed by atoms with Gasteiger partial charge in [0, 0.05) is 14.1 Å². The monoisotopic (exact) mass is 379 g/mol. The lowest BCUT2D eigenvalue weighted by Gasteiger charge is -2.16. The number of benzene rings is 1. The Labute approximate surface area is 139 Å². The molecule has 2 rings (SSSR count). The highest BCUT2D eigenvalue weighted by Gasteiger charge is 2.38. The molecule has 8 nitrogen and oxygen atoms in total. The molecule has 134 valence electrons. The predicted molar refractivity (Wildman–Crippen MR) is 77.7 cm³/mol. The van der Waals surface area contributed by atoms with Crippen molar-refractivity contribution < 1.29 is 26.3 Å². The van der Waals surface area contributed by atoms with Crippen molar-refractivity contribution in [3.63, 3.8) is 0 Å². The van der Waals surface area contributed by atoms with Crippen molar-refractivity contribution in [2.24, 2.45) is 7.05 Å². The maximum absolute atomic E-state index is 14.2. The molecule has 1 atom stereocenters. The van der Waals surface area contributed by atoms with E-state index in [1.54, 1.807) is 6.07 Å². The summed E-state index contributed by atoms with van der Waals surface area (Å²) < 4.78 is 74.0. The van der Waals surface area contributed by atoms with Crippen LogP contribution >= 0.6 is 0 Å². The fourth-order valence-corrected chi connectivity index (χ4v) is 2.31. The molecule has 1 aromatic carbocycles. The number of hydrogen-bond acceptors (Lipinski definition) is 4. The minimum Gasteiger partial charge on any atom is -0.289 e. The molecule has 0 aliphatic carbocycles. The van der Waals surface area contributed by atoms with Gasteiger partial charge in [0.2, 0.25) is 5.82 Å². The van der Waals surface area contributed by atoms with Gasteiger partial charge in [0.15, 0.2) is 5.82 Å². The van der Waals surface area contributed by atoms with E-state index in [1.807, 2.05) is 0 Å². The van der Waals surface area contributed by atoms with Crippen LogP contribution in [-0.4, -0.2) is 30.2 Å². The molecule has 1 unspecified atom stereocenters. The molecule has 0 amide bonds. The highest BCUT2D eigenvalue weighted by atomic mass is 32.2. The maximum atomic E-state index is 14.2. The molecule has 1 N–H and O–H groups in total. The molecule has 13 heteroatoms. The lowest BCUT2D eigenvalue weighted by atomic mass is 10.1. The van der Waals surface area contributed by atoms with E-state index in [0.29, 0.717) is 10.4 Å². The molecular formula is C12H9F4N5O3S. The molecule has 1 aromatic heterocycles. The smallest absolute Gasteiger partial charge is 0.289 e. The Morgan fingerprint density at radius 3 is 2.44 bits per heavy atom. The van der Waals surface area contributed by atoms with Crippen LogP contribution < -0.4 is 9.99 Å². The highest BCUT2D eigenvalue weighted by Crippen LogP contribution is 2.29. The van der Waals surface area contributed by atoms with Gasteiger partial charge in [-0.2, -0.15) is 23.1 Å². The lowest BCUT2D eigenvalue weighted by Crippen LogP contribution is -2.25. The number of alkyl halides is 3. The van der Waals surface area contributed by atoms with Gasteiger partial charge in [-0.1, -0.05) is 0 Å². The number of nitrogens with zero attached hydrogens (tertiary/aromatic N) is 5. The number of nitriles is 1. The van der Waals surface area contributed by atoms with Crippen molar-refractivity contribution in [3.8, 4) is 11.8 Å². The molecular weight excluding hydrogens is 370 g/mol. The third-order valence-corrected chi connectivity index (χ3v) is 3.89. The summed E-state index contributed by atoms with van der Waals surface area (Å²) in [4.78, 5) is 12.0. The van der Waals surface area contributed by atoms with E-state index in [-0.39, 0.29) is 20.5 Å². The summed E-state index contributed by atoms with van der Waals surface area (Å²) in [5, 5.41) is 12.1. The third-order valence-electron chi connectivity index (χ3n) is 3.22. The van der Waals surface area contributed by atoms with Crippen LogP contribution in [0.5, 0.6) is 0 Å². The standard InChI is InChI=1S/C12H9F4N5O3S/c1-19-10(12(14,15)16)18-21(11(19)22)9-4-8(20(2)25(23)24)6(5-17)3-7(9)13/h3-4H,1-2H3,(H,23,24). The average Bonchev–Trinajstić information content (AvgIpc) is 2.82. The summed E-state index contributed by atoms with van der Waals surface area (Å²) in [6.07, 6.45) is -4.95. The number of hydrogen-bond donors (Lipinski definition) is 1. The van der Waals surface area contributed by atoms with Gasteiger partial charge in [-0.15, -0.1) is 5.10 Å². The molecule has 0 fully saturated rings. The first-order valence-corrected chi connectivity index (χ1v) is 7.37. The second-order valence-electron chi connectivity index (χ2n) is 4.74. The van der Waals surface area contributed by atoms with Gasteiger partial charge in [0.05, 0.1) is 11.3 Å². The van der Waals surface area contributed by atoms with E-state index in [9.17, 15) is 26.6 Å². The quantitative estimate of drug-likeness (QED) is 0.637. The van der Waals surface area contributed by atoms with E-state index in [2.05, 4.69) is 5.10 Å². The van der Waals surface area contributed by atoms with Crippen molar-refractivity contribution in [1.82, 2.24) is 14.3 Å². The Balaban J connectivity index is 2.78. The topological polar surface area (TPSA) is 104 Å². The zero-order chi connectivity index (χ0) is 19.1. The Hall–Kier alpha value is -2.72. The van der Waals surface area contributed by atoms with Gasteiger partial charge in [0.25, 0.3) is 11.3 Å². The fourth-order valence-electron chi connectivity index (χ4n) is 1.99. The van der Waals surface area contributed by atoms with Crippen LogP contribution in [0.1, 0.15) is 11.4 Å². The first kappa shape index (κ1) is 18.6. The average molecular weight is 379 g/mol. The van der Waals surface area contributed by atoms with Crippen LogP contribution in [0.3, 0.4) is 0 Å². The molecule has 0 radical (unpaired) electrons. The number of aromatic nitrogens is 3. The van der Waals surface area contributed by atoms with Crippen LogP contribution in [0.2, 0.25) is 0 Å². The van der Waals surface area contributed by atoms with Gasteiger partial charge in [0.1, 0.15) is 11.8 Å². The molecule has 0 saturated carbocycles. The Morgan fingerprint density at radius 2 is 2.00 bits per heavy atom. The zero-order valence-electron chi connectivity index (χ0n) is 12.6. The molecule has 0 aliphatic heterocycles. The van der Waals surface area contributed by atoms with Crippen LogP contribution in [0.25, 0.3) is 5.69 Å². The fraction of sp³-hybridized carbons (Fsp3) is 0.250. The summed E-state index contributed by atoms with van der Waals surface area (Å²) in [6.45, 7) is 0.